The van der Waals surface area contributed by atoms with Crippen molar-refractivity contribution in [2.75, 3.05) is 5.32 Å². The largest absolute Gasteiger partial charge is 0.325 e. The van der Waals surface area contributed by atoms with E-state index in [1.807, 2.05) is 50.5 Å². The third-order valence-electron chi connectivity index (χ3n) is 4.70. The molecule has 0 aliphatic heterocycles. The van der Waals surface area contributed by atoms with Gasteiger partial charge in [0.2, 0.25) is 0 Å². The summed E-state index contributed by atoms with van der Waals surface area (Å²) in [7, 11) is 0. The molecule has 0 saturated heterocycles. The van der Waals surface area contributed by atoms with Crippen molar-refractivity contribution in [1.29, 1.82) is 0 Å². The Hall–Kier alpha value is -3.67. The van der Waals surface area contributed by atoms with Crippen molar-refractivity contribution in [2.24, 2.45) is 0 Å². The Bertz CT molecular complexity index is 1020. The zero-order chi connectivity index (χ0) is 20.1. The van der Waals surface area contributed by atoms with Crippen LogP contribution in [0.5, 0.6) is 0 Å². The number of aryl methyl sites for hydroxylation is 2. The minimum atomic E-state index is 0.121. The van der Waals surface area contributed by atoms with Crippen molar-refractivity contribution in [3.05, 3.63) is 102 Å². The molecule has 0 bridgehead atoms. The average Bonchev–Trinajstić information content (AvgIpc) is 2.74. The molecule has 0 aromatic carbocycles. The van der Waals surface area contributed by atoms with Gasteiger partial charge in [0.25, 0.3) is 0 Å². The molecular weight excluding hydrogens is 360 g/mol. The lowest BCUT2D eigenvalue weighted by atomic mass is 9.88. The average molecular weight is 382 g/mol. The van der Waals surface area contributed by atoms with Crippen LogP contribution in [0, 0.1) is 13.8 Å². The summed E-state index contributed by atoms with van der Waals surface area (Å²) < 4.78 is 0. The Labute approximate surface area is 170 Å². The van der Waals surface area contributed by atoms with Crippen molar-refractivity contribution in [2.45, 2.75) is 26.2 Å². The topological polar surface area (TPSA) is 76.5 Å². The van der Waals surface area contributed by atoms with Crippen LogP contribution in [0.2, 0.25) is 0 Å². The van der Waals surface area contributed by atoms with Crippen LogP contribution in [-0.4, -0.2) is 24.9 Å². The molecular formula is C23H22N6. The first-order valence-electron chi connectivity index (χ1n) is 9.52. The van der Waals surface area contributed by atoms with E-state index in [2.05, 4.69) is 48.4 Å². The fourth-order valence-corrected chi connectivity index (χ4v) is 3.43. The van der Waals surface area contributed by atoms with Crippen molar-refractivity contribution in [3.8, 4) is 0 Å². The summed E-state index contributed by atoms with van der Waals surface area (Å²) in [5.41, 5.74) is 4.30. The van der Waals surface area contributed by atoms with Crippen LogP contribution in [0.1, 0.15) is 34.1 Å². The molecule has 0 unspecified atom stereocenters. The summed E-state index contributed by atoms with van der Waals surface area (Å²) in [5, 5.41) is 3.37. The summed E-state index contributed by atoms with van der Waals surface area (Å²) in [6, 6.07) is 14.1. The number of pyridine rings is 3. The molecule has 0 atom stereocenters. The Balaban J connectivity index is 1.68. The summed E-state index contributed by atoms with van der Waals surface area (Å²) in [5.74, 6) is 2.39. The van der Waals surface area contributed by atoms with Gasteiger partial charge in [-0.25, -0.2) is 15.0 Å². The Morgan fingerprint density at radius 2 is 1.55 bits per heavy atom. The normalized spacial score (nSPS) is 10.9. The molecule has 0 aliphatic carbocycles. The highest BCUT2D eigenvalue weighted by Crippen LogP contribution is 2.30. The minimum absolute atomic E-state index is 0.121. The molecule has 1 N–H and O–H groups in total. The van der Waals surface area contributed by atoms with Crippen LogP contribution in [0.15, 0.2) is 73.4 Å². The van der Waals surface area contributed by atoms with E-state index in [0.29, 0.717) is 0 Å². The molecule has 4 heterocycles. The Morgan fingerprint density at radius 1 is 0.862 bits per heavy atom. The van der Waals surface area contributed by atoms with Gasteiger partial charge >= 0.3 is 0 Å². The lowest BCUT2D eigenvalue weighted by Gasteiger charge is -2.19. The monoisotopic (exact) mass is 382 g/mol. The summed E-state index contributed by atoms with van der Waals surface area (Å²) >= 11 is 0. The van der Waals surface area contributed by atoms with Crippen molar-refractivity contribution in [1.82, 2.24) is 24.9 Å². The van der Waals surface area contributed by atoms with Gasteiger partial charge in [-0.2, -0.15) is 0 Å². The van der Waals surface area contributed by atoms with E-state index in [4.69, 9.17) is 0 Å². The number of hydrogen-bond acceptors (Lipinski definition) is 6. The molecule has 4 aromatic rings. The maximum Gasteiger partial charge on any atom is 0.135 e. The van der Waals surface area contributed by atoms with E-state index >= 15 is 0 Å². The third kappa shape index (κ3) is 4.60. The van der Waals surface area contributed by atoms with Crippen LogP contribution in [0.4, 0.5) is 11.6 Å². The van der Waals surface area contributed by atoms with Gasteiger partial charge in [-0.3, -0.25) is 9.97 Å². The second kappa shape index (κ2) is 8.56. The van der Waals surface area contributed by atoms with E-state index in [0.717, 1.165) is 46.3 Å². The van der Waals surface area contributed by atoms with Gasteiger partial charge in [-0.15, -0.1) is 0 Å². The Kier molecular flexibility index (Phi) is 5.52. The van der Waals surface area contributed by atoms with Gasteiger partial charge in [0, 0.05) is 48.7 Å². The Morgan fingerprint density at radius 3 is 2.17 bits per heavy atom. The maximum atomic E-state index is 4.57. The third-order valence-corrected chi connectivity index (χ3v) is 4.70. The van der Waals surface area contributed by atoms with Gasteiger partial charge in [0.05, 0.1) is 0 Å². The fraction of sp³-hybridized carbons (Fsp3) is 0.174. The molecule has 0 amide bonds. The maximum absolute atomic E-state index is 4.57. The van der Waals surface area contributed by atoms with Gasteiger partial charge < -0.3 is 5.32 Å². The molecule has 0 radical (unpaired) electrons. The van der Waals surface area contributed by atoms with Crippen molar-refractivity contribution < 1.29 is 0 Å². The highest BCUT2D eigenvalue weighted by Gasteiger charge is 2.18. The summed E-state index contributed by atoms with van der Waals surface area (Å²) in [6.07, 6.45) is 9.96. The molecule has 6 nitrogen and oxygen atoms in total. The van der Waals surface area contributed by atoms with E-state index in [9.17, 15) is 0 Å². The molecule has 0 spiro atoms. The molecule has 29 heavy (non-hydrogen) atoms. The second-order valence-electron chi connectivity index (χ2n) is 6.91. The predicted octanol–water partition coefficient (Wildman–Crippen LogP) is 4.40. The summed E-state index contributed by atoms with van der Waals surface area (Å²) in [4.78, 5) is 22.0. The highest BCUT2D eigenvalue weighted by atomic mass is 15.1. The zero-order valence-electron chi connectivity index (χ0n) is 16.4. The second-order valence-corrected chi connectivity index (χ2v) is 6.91. The molecule has 144 valence electrons. The molecule has 0 saturated carbocycles. The smallest absolute Gasteiger partial charge is 0.135 e. The van der Waals surface area contributed by atoms with E-state index in [1.165, 1.54) is 0 Å². The van der Waals surface area contributed by atoms with Gasteiger partial charge in [0.1, 0.15) is 17.5 Å². The first-order valence-corrected chi connectivity index (χ1v) is 9.52. The van der Waals surface area contributed by atoms with Gasteiger partial charge in [-0.05, 0) is 55.2 Å². The highest BCUT2D eigenvalue weighted by molar-refractivity contribution is 5.56. The number of hydrogen-bond donors (Lipinski definition) is 1. The van der Waals surface area contributed by atoms with Crippen LogP contribution < -0.4 is 5.32 Å². The van der Waals surface area contributed by atoms with E-state index in [1.54, 1.807) is 18.6 Å². The number of nitrogens with one attached hydrogen (secondary N) is 1. The van der Waals surface area contributed by atoms with E-state index in [-0.39, 0.29) is 5.92 Å². The van der Waals surface area contributed by atoms with Crippen molar-refractivity contribution in [3.63, 3.8) is 0 Å². The lowest BCUT2D eigenvalue weighted by Crippen LogP contribution is -2.09. The molecule has 4 aromatic heterocycles. The molecule has 4 rings (SSSR count). The minimum Gasteiger partial charge on any atom is -0.325 e. The number of anilines is 2. The molecule has 6 heteroatoms. The standard InChI is InChI=1S/C23H22N6/c1-16-12-22(28-17(2)27-16)29-23-18(6-5-11-26-23)13-21(19-7-3-9-24-14-19)20-8-4-10-25-15-20/h3-12,14-15,21H,13H2,1-2H3,(H,26,27,28,29). The predicted molar refractivity (Wildman–Crippen MR) is 113 cm³/mol. The molecule has 0 aliphatic rings. The van der Waals surface area contributed by atoms with Crippen LogP contribution >= 0.6 is 0 Å². The van der Waals surface area contributed by atoms with Crippen LogP contribution in [0.25, 0.3) is 0 Å². The number of aromatic nitrogens is 5. The van der Waals surface area contributed by atoms with Gasteiger partial charge in [-0.1, -0.05) is 18.2 Å². The number of rotatable bonds is 6. The van der Waals surface area contributed by atoms with Crippen LogP contribution in [0.3, 0.4) is 0 Å². The van der Waals surface area contributed by atoms with Gasteiger partial charge in [0.15, 0.2) is 0 Å². The first-order chi connectivity index (χ1) is 14.2. The van der Waals surface area contributed by atoms with E-state index < -0.39 is 0 Å². The lowest BCUT2D eigenvalue weighted by molar-refractivity contribution is 0.792. The van der Waals surface area contributed by atoms with Crippen molar-refractivity contribution >= 4 is 11.6 Å². The SMILES string of the molecule is Cc1cc(Nc2ncccc2CC(c2cccnc2)c2cccnc2)nc(C)n1. The summed E-state index contributed by atoms with van der Waals surface area (Å²) in [6.45, 7) is 3.85. The molecule has 0 fully saturated rings. The number of nitrogens with zero attached hydrogens (tertiary/aromatic N) is 5. The quantitative estimate of drug-likeness (QED) is 0.533. The fourth-order valence-electron chi connectivity index (χ4n) is 3.43. The van der Waals surface area contributed by atoms with Crippen LogP contribution in [-0.2, 0) is 6.42 Å². The zero-order valence-corrected chi connectivity index (χ0v) is 16.4. The first kappa shape index (κ1) is 18.7.